The number of pyridine rings is 1. The summed E-state index contributed by atoms with van der Waals surface area (Å²) in [5, 5.41) is 0. The fourth-order valence-corrected chi connectivity index (χ4v) is 1.57. The van der Waals surface area contributed by atoms with Crippen molar-refractivity contribution in [3.63, 3.8) is 0 Å². The minimum absolute atomic E-state index is 0.0553. The molecule has 1 aliphatic rings. The fraction of sp³-hybridized carbons (Fsp3) is 0.583. The number of aromatic nitrogens is 1. The third kappa shape index (κ3) is 1.87. The van der Waals surface area contributed by atoms with E-state index >= 15 is 0 Å². The monoisotopic (exact) mass is 222 g/mol. The average Bonchev–Trinajstić information content (AvgIpc) is 2.47. The van der Waals surface area contributed by atoms with Crippen molar-refractivity contribution >= 4 is 12.6 Å². The van der Waals surface area contributed by atoms with Gasteiger partial charge >= 0.3 is 7.12 Å². The zero-order chi connectivity index (χ0) is 14.5. The topological polar surface area (TPSA) is 31.4 Å². The molecular formula is C12H18BNO2. The third-order valence-corrected chi connectivity index (χ3v) is 3.31. The molecule has 3 nitrogen and oxygen atoms in total. The highest BCUT2D eigenvalue weighted by Gasteiger charge is 2.51. The molecule has 2 rings (SSSR count). The summed E-state index contributed by atoms with van der Waals surface area (Å²) in [5.41, 5.74) is -0.151. The second kappa shape index (κ2) is 3.57. The SMILES string of the molecule is [2H]C([2H])([2H])c1cc(B2OC(C)(C)C(C)(C)O2)ccn1. The van der Waals surface area contributed by atoms with Crippen molar-refractivity contribution in [2.75, 3.05) is 0 Å². The number of aryl methyl sites for hydroxylation is 1. The van der Waals surface area contributed by atoms with Crippen molar-refractivity contribution < 1.29 is 13.4 Å². The summed E-state index contributed by atoms with van der Waals surface area (Å²) in [6, 6.07) is 3.24. The summed E-state index contributed by atoms with van der Waals surface area (Å²) in [4.78, 5) is 3.88. The van der Waals surface area contributed by atoms with Gasteiger partial charge in [-0.15, -0.1) is 0 Å². The van der Waals surface area contributed by atoms with E-state index in [1.165, 1.54) is 12.3 Å². The molecule has 0 aromatic carbocycles. The smallest absolute Gasteiger partial charge is 0.399 e. The Morgan fingerprint density at radius 1 is 1.25 bits per heavy atom. The predicted molar refractivity (Wildman–Crippen MR) is 64.7 cm³/mol. The van der Waals surface area contributed by atoms with Crippen LogP contribution in [0.15, 0.2) is 18.3 Å². The van der Waals surface area contributed by atoms with Crippen LogP contribution in [0.25, 0.3) is 0 Å². The number of hydrogen-bond acceptors (Lipinski definition) is 3. The van der Waals surface area contributed by atoms with Crippen molar-refractivity contribution in [1.29, 1.82) is 0 Å². The van der Waals surface area contributed by atoms with Crippen molar-refractivity contribution in [2.45, 2.75) is 45.7 Å². The van der Waals surface area contributed by atoms with Gasteiger partial charge in [-0.1, -0.05) is 0 Å². The Labute approximate surface area is 102 Å². The van der Waals surface area contributed by atoms with Crippen LogP contribution in [0.1, 0.15) is 37.5 Å². The molecule has 1 aromatic rings. The second-order valence-corrected chi connectivity index (χ2v) is 5.06. The first-order valence-electron chi connectivity index (χ1n) is 6.85. The van der Waals surface area contributed by atoms with Crippen LogP contribution in [-0.4, -0.2) is 23.3 Å². The van der Waals surface area contributed by atoms with Gasteiger partial charge in [0, 0.05) is 16.0 Å². The van der Waals surface area contributed by atoms with Crippen molar-refractivity contribution in [2.24, 2.45) is 0 Å². The van der Waals surface area contributed by atoms with Gasteiger partial charge in [-0.2, -0.15) is 0 Å². The molecule has 0 unspecified atom stereocenters. The van der Waals surface area contributed by atoms with Crippen LogP contribution in [0, 0.1) is 6.85 Å². The molecule has 1 aromatic heterocycles. The van der Waals surface area contributed by atoms with E-state index in [2.05, 4.69) is 4.98 Å². The van der Waals surface area contributed by atoms with E-state index in [1.54, 1.807) is 6.07 Å². The molecule has 1 saturated heterocycles. The van der Waals surface area contributed by atoms with Gasteiger partial charge in [-0.25, -0.2) is 0 Å². The van der Waals surface area contributed by atoms with Gasteiger partial charge in [0.1, 0.15) is 0 Å². The summed E-state index contributed by atoms with van der Waals surface area (Å²) < 4.78 is 33.9. The lowest BCUT2D eigenvalue weighted by Gasteiger charge is -2.32. The Morgan fingerprint density at radius 2 is 1.88 bits per heavy atom. The molecule has 1 fully saturated rings. The molecule has 0 atom stereocenters. The van der Waals surface area contributed by atoms with Gasteiger partial charge in [0.15, 0.2) is 0 Å². The molecule has 4 heteroatoms. The van der Waals surface area contributed by atoms with E-state index < -0.39 is 25.2 Å². The quantitative estimate of drug-likeness (QED) is 0.677. The lowest BCUT2D eigenvalue weighted by molar-refractivity contribution is 0.00578. The minimum atomic E-state index is -2.22. The van der Waals surface area contributed by atoms with E-state index in [4.69, 9.17) is 13.4 Å². The van der Waals surface area contributed by atoms with Gasteiger partial charge < -0.3 is 9.31 Å². The Hall–Kier alpha value is -0.865. The van der Waals surface area contributed by atoms with Crippen molar-refractivity contribution in [3.8, 4) is 0 Å². The molecule has 1 aliphatic heterocycles. The number of hydrogen-bond donors (Lipinski definition) is 0. The molecule has 86 valence electrons. The highest BCUT2D eigenvalue weighted by molar-refractivity contribution is 6.62. The fourth-order valence-electron chi connectivity index (χ4n) is 1.57. The van der Waals surface area contributed by atoms with E-state index in [0.717, 1.165) is 0 Å². The minimum Gasteiger partial charge on any atom is -0.399 e. The molecule has 0 bridgehead atoms. The molecule has 0 saturated carbocycles. The Kier molecular flexibility index (Phi) is 1.84. The molecule has 16 heavy (non-hydrogen) atoms. The van der Waals surface area contributed by atoms with Gasteiger partial charge in [-0.3, -0.25) is 4.98 Å². The summed E-state index contributed by atoms with van der Waals surface area (Å²) in [6.45, 7) is 5.61. The summed E-state index contributed by atoms with van der Waals surface area (Å²) >= 11 is 0. The van der Waals surface area contributed by atoms with Crippen LogP contribution < -0.4 is 5.46 Å². The van der Waals surface area contributed by atoms with E-state index in [0.29, 0.717) is 5.46 Å². The van der Waals surface area contributed by atoms with Crippen molar-refractivity contribution in [3.05, 3.63) is 24.0 Å². The van der Waals surface area contributed by atoms with Crippen LogP contribution in [0.5, 0.6) is 0 Å². The van der Waals surface area contributed by atoms with Crippen LogP contribution in [0.2, 0.25) is 0 Å². The largest absolute Gasteiger partial charge is 0.494 e. The lowest BCUT2D eigenvalue weighted by atomic mass is 9.79. The van der Waals surface area contributed by atoms with Gasteiger partial charge in [0.05, 0.1) is 11.2 Å². The highest BCUT2D eigenvalue weighted by Crippen LogP contribution is 2.36. The van der Waals surface area contributed by atoms with Gasteiger partial charge in [-0.05, 0) is 52.1 Å². The van der Waals surface area contributed by atoms with Crippen LogP contribution >= 0.6 is 0 Å². The Balaban J connectivity index is 2.30. The Morgan fingerprint density at radius 3 is 2.44 bits per heavy atom. The first-order chi connectivity index (χ1) is 8.53. The maximum atomic E-state index is 7.39. The standard InChI is InChI=1S/C12H18BNO2/c1-9-8-10(6-7-14-9)13-15-11(2,3)12(4,5)16-13/h6-8H,1-5H3/i1D3. The van der Waals surface area contributed by atoms with Crippen LogP contribution in [0.3, 0.4) is 0 Å². The zero-order valence-electron chi connectivity index (χ0n) is 13.1. The maximum Gasteiger partial charge on any atom is 0.494 e. The molecule has 0 aliphatic carbocycles. The predicted octanol–water partition coefficient (Wildman–Crippen LogP) is 1.69. The van der Waals surface area contributed by atoms with E-state index in [-0.39, 0.29) is 5.69 Å². The molecule has 2 heterocycles. The molecule has 0 radical (unpaired) electrons. The van der Waals surface area contributed by atoms with E-state index in [9.17, 15) is 0 Å². The second-order valence-electron chi connectivity index (χ2n) is 5.06. The summed E-state index contributed by atoms with van der Waals surface area (Å²) in [6.07, 6.45) is 1.47. The van der Waals surface area contributed by atoms with Gasteiger partial charge in [0.2, 0.25) is 0 Å². The zero-order valence-corrected chi connectivity index (χ0v) is 10.1. The Bertz CT molecular complexity index is 472. The number of nitrogens with zero attached hydrogens (tertiary/aromatic N) is 1. The van der Waals surface area contributed by atoms with Crippen molar-refractivity contribution in [1.82, 2.24) is 4.98 Å². The normalized spacial score (nSPS) is 26.0. The number of rotatable bonds is 1. The first kappa shape index (κ1) is 8.26. The summed E-state index contributed by atoms with van der Waals surface area (Å²) in [7, 11) is -0.561. The van der Waals surface area contributed by atoms with E-state index in [1.807, 2.05) is 27.7 Å². The maximum absolute atomic E-state index is 7.39. The van der Waals surface area contributed by atoms with Crippen LogP contribution in [-0.2, 0) is 9.31 Å². The highest BCUT2D eigenvalue weighted by atomic mass is 16.7. The first-order valence-corrected chi connectivity index (χ1v) is 5.35. The molecule has 0 spiro atoms. The third-order valence-electron chi connectivity index (χ3n) is 3.31. The molecular weight excluding hydrogens is 201 g/mol. The lowest BCUT2D eigenvalue weighted by Crippen LogP contribution is -2.41. The van der Waals surface area contributed by atoms with Gasteiger partial charge in [0.25, 0.3) is 0 Å². The molecule has 0 amide bonds. The average molecular weight is 222 g/mol. The summed E-state index contributed by atoms with van der Waals surface area (Å²) in [5.74, 6) is 0. The molecule has 0 N–H and O–H groups in total. The van der Waals surface area contributed by atoms with Crippen LogP contribution in [0.4, 0.5) is 0 Å².